The van der Waals surface area contributed by atoms with Crippen LogP contribution < -0.4 is 59.3 Å². The normalized spacial score (nSPS) is 15.6. The van der Waals surface area contributed by atoms with Crippen LogP contribution in [-0.2, 0) is 62.3 Å². The van der Waals surface area contributed by atoms with Gasteiger partial charge in [-0.15, -0.1) is 0 Å². The molecule has 0 fully saturated rings. The van der Waals surface area contributed by atoms with Crippen LogP contribution in [0.5, 0.6) is 0 Å². The Kier molecular flexibility index (Phi) is 31.4. The first-order chi connectivity index (χ1) is 35.3. The Balaban J connectivity index is 6.24. The maximum atomic E-state index is 13.8. The van der Waals surface area contributed by atoms with Crippen LogP contribution in [0.1, 0.15) is 127 Å². The van der Waals surface area contributed by atoms with Crippen molar-refractivity contribution in [2.45, 2.75) is 181 Å². The van der Waals surface area contributed by atoms with Gasteiger partial charge in [0.05, 0.1) is 25.6 Å². The first kappa shape index (κ1) is 69.0. The smallest absolute Gasteiger partial charge is 0.326 e. The summed E-state index contributed by atoms with van der Waals surface area (Å²) in [5.41, 5.74) is 11.0. The number of aliphatic hydroxyl groups is 1. The van der Waals surface area contributed by atoms with E-state index in [1.54, 1.807) is 69.2 Å². The molecular weight excluding hydrogens is 1000 g/mol. The zero-order valence-electron chi connectivity index (χ0n) is 45.1. The Bertz CT molecular complexity index is 2040. The van der Waals surface area contributed by atoms with E-state index in [-0.39, 0.29) is 31.1 Å². The Morgan fingerprint density at radius 3 is 1.25 bits per heavy atom. The third-order valence-corrected chi connectivity index (χ3v) is 12.1. The Labute approximate surface area is 442 Å². The second-order valence-corrected chi connectivity index (χ2v) is 20.0. The number of carboxylic acid groups (broad SMARTS) is 3. The molecule has 28 heteroatoms. The maximum absolute atomic E-state index is 13.8. The molecule has 0 radical (unpaired) electrons. The molecule has 28 nitrogen and oxygen atoms in total. The van der Waals surface area contributed by atoms with Crippen LogP contribution in [0.2, 0.25) is 0 Å². The molecule has 0 heterocycles. The first-order valence-electron chi connectivity index (χ1n) is 25.3. The van der Waals surface area contributed by atoms with Crippen molar-refractivity contribution in [1.82, 2.24) is 47.9 Å². The first-order valence-corrected chi connectivity index (χ1v) is 25.3. The van der Waals surface area contributed by atoms with Gasteiger partial charge in [-0.1, -0.05) is 82.1 Å². The number of aliphatic carboxylic acids is 3. The second-order valence-electron chi connectivity index (χ2n) is 20.0. The van der Waals surface area contributed by atoms with Gasteiger partial charge >= 0.3 is 17.9 Å². The lowest BCUT2D eigenvalue weighted by Gasteiger charge is -2.30. The molecule has 76 heavy (non-hydrogen) atoms. The molecular formula is C48H83N11O17. The number of nitrogens with two attached hydrogens (primary N) is 2. The molecule has 0 unspecified atom stereocenters. The van der Waals surface area contributed by atoms with Crippen LogP contribution in [0.4, 0.5) is 0 Å². The lowest BCUT2D eigenvalue weighted by atomic mass is 9.96. The molecule has 11 atom stereocenters. The summed E-state index contributed by atoms with van der Waals surface area (Å²) in [5.74, 6) is -15.6. The van der Waals surface area contributed by atoms with Gasteiger partial charge in [0.25, 0.3) is 0 Å². The monoisotopic (exact) mass is 1090 g/mol. The van der Waals surface area contributed by atoms with Gasteiger partial charge in [0.2, 0.25) is 59.1 Å². The molecule has 0 aliphatic carbocycles. The highest BCUT2D eigenvalue weighted by Crippen LogP contribution is 2.14. The van der Waals surface area contributed by atoms with Crippen LogP contribution in [0.25, 0.3) is 0 Å². The third kappa shape index (κ3) is 26.0. The number of aliphatic hydroxyl groups excluding tert-OH is 1. The van der Waals surface area contributed by atoms with Gasteiger partial charge in [0, 0.05) is 12.8 Å². The molecule has 0 aliphatic rings. The van der Waals surface area contributed by atoms with Crippen LogP contribution in [0.3, 0.4) is 0 Å². The van der Waals surface area contributed by atoms with Crippen molar-refractivity contribution in [1.29, 1.82) is 0 Å². The lowest BCUT2D eigenvalue weighted by molar-refractivity contribution is -0.144. The number of carbonyl (C=O) groups is 13. The van der Waals surface area contributed by atoms with Crippen molar-refractivity contribution in [2.24, 2.45) is 41.1 Å². The minimum Gasteiger partial charge on any atom is -0.481 e. The van der Waals surface area contributed by atoms with Crippen LogP contribution >= 0.6 is 0 Å². The van der Waals surface area contributed by atoms with E-state index < -0.39 is 188 Å². The van der Waals surface area contributed by atoms with Crippen LogP contribution in [0.15, 0.2) is 0 Å². The van der Waals surface area contributed by atoms with Crippen molar-refractivity contribution in [3.63, 3.8) is 0 Å². The van der Waals surface area contributed by atoms with E-state index >= 15 is 0 Å². The van der Waals surface area contributed by atoms with Gasteiger partial charge in [0.1, 0.15) is 48.3 Å². The van der Waals surface area contributed by atoms with Crippen molar-refractivity contribution < 1.29 is 82.8 Å². The number of hydrogen-bond donors (Lipinski definition) is 15. The molecule has 0 aromatic carbocycles. The predicted molar refractivity (Wildman–Crippen MR) is 271 cm³/mol. The number of hydrogen-bond acceptors (Lipinski definition) is 15. The van der Waals surface area contributed by atoms with Gasteiger partial charge in [0.15, 0.2) is 0 Å². The minimum atomic E-state index is -1.69. The molecule has 0 saturated carbocycles. The Morgan fingerprint density at radius 2 is 0.855 bits per heavy atom. The summed E-state index contributed by atoms with van der Waals surface area (Å²) in [7, 11) is 0. The molecule has 17 N–H and O–H groups in total. The third-order valence-electron chi connectivity index (χ3n) is 12.1. The van der Waals surface area contributed by atoms with Crippen molar-refractivity contribution in [2.75, 3.05) is 13.2 Å². The van der Waals surface area contributed by atoms with E-state index in [0.29, 0.717) is 12.8 Å². The summed E-state index contributed by atoms with van der Waals surface area (Å²) in [6.45, 7) is 14.9. The fourth-order valence-electron chi connectivity index (χ4n) is 7.25. The zero-order chi connectivity index (χ0) is 58.7. The molecule has 0 bridgehead atoms. The van der Waals surface area contributed by atoms with Crippen molar-refractivity contribution in [3.8, 4) is 0 Å². The molecule has 0 spiro atoms. The highest BCUT2D eigenvalue weighted by molar-refractivity contribution is 5.98. The summed E-state index contributed by atoms with van der Waals surface area (Å²) >= 11 is 0. The van der Waals surface area contributed by atoms with E-state index in [1.807, 2.05) is 0 Å². The summed E-state index contributed by atoms with van der Waals surface area (Å²) in [6.07, 6.45) is -1.79. The Morgan fingerprint density at radius 1 is 0.461 bits per heavy atom. The summed E-state index contributed by atoms with van der Waals surface area (Å²) in [5, 5.41) is 59.9. The molecule has 0 aliphatic heterocycles. The van der Waals surface area contributed by atoms with Gasteiger partial charge in [-0.05, 0) is 55.3 Å². The highest BCUT2D eigenvalue weighted by Gasteiger charge is 2.37. The fraction of sp³-hybridized carbons (Fsp3) is 0.729. The van der Waals surface area contributed by atoms with E-state index in [4.69, 9.17) is 16.6 Å². The molecule has 0 rings (SSSR count). The van der Waals surface area contributed by atoms with Crippen LogP contribution in [-0.4, -0.2) is 165 Å². The number of amides is 10. The van der Waals surface area contributed by atoms with Crippen molar-refractivity contribution >= 4 is 77.0 Å². The fourth-order valence-corrected chi connectivity index (χ4v) is 7.25. The number of carbonyl (C=O) groups excluding carboxylic acids is 10. The Hall–Kier alpha value is -6.97. The van der Waals surface area contributed by atoms with E-state index in [9.17, 15) is 77.6 Å². The maximum Gasteiger partial charge on any atom is 0.326 e. The van der Waals surface area contributed by atoms with Gasteiger partial charge in [-0.2, -0.15) is 0 Å². The predicted octanol–water partition coefficient (Wildman–Crippen LogP) is -3.17. The SMILES string of the molecule is CC[C@H](C)[C@H](NC(=O)[C@H](CO)NC(=O)[C@H](CC(C)C)NC(=O)[C@@H](NC(=O)CNC(=O)[C@H](CCC(=O)O)NC(=O)[C@@H](NC(=O)[C@@H](N)CCC(=O)O)[C@@H](C)CC)C(C)C)C(=O)N[C@@H](CC(C)C)C(=O)N[C@@H](CC(N)=O)C(=O)O. The average Bonchev–Trinajstić information content (AvgIpc) is 3.32. The molecule has 432 valence electrons. The lowest BCUT2D eigenvalue weighted by Crippen LogP contribution is -2.61. The van der Waals surface area contributed by atoms with Gasteiger partial charge in [-0.3, -0.25) is 57.5 Å². The topological polar surface area (TPSA) is 463 Å². The molecule has 0 aromatic rings. The number of nitrogens with one attached hydrogen (secondary N) is 9. The molecule has 0 aromatic heterocycles. The van der Waals surface area contributed by atoms with Gasteiger partial charge in [-0.25, -0.2) is 4.79 Å². The second kappa shape index (κ2) is 34.6. The largest absolute Gasteiger partial charge is 0.481 e. The van der Waals surface area contributed by atoms with E-state index in [0.717, 1.165) is 0 Å². The number of carboxylic acids is 3. The standard InChI is InChI=1S/C48H83N11O17/c1-11-25(9)38(58-40(67)27(49)13-15-35(63)64)46(73)52-28(14-16-36(65)66)41(68)51-20-34(62)57-37(24(7)8)45(72)53-30(18-23(5)6)43(70)56-32(21-60)44(71)59-39(26(10)12-2)47(74)54-29(17-22(3)4)42(69)55-31(48(75)76)19-33(50)61/h22-32,37-39,60H,11-21,49H2,1-10H3,(H2,50,61)(H,51,68)(H,52,73)(H,53,72)(H,54,74)(H,55,69)(H,56,70)(H,57,62)(H,58,67)(H,59,71)(H,63,64)(H,65,66)(H,75,76)/t25-,26-,27-,28-,29-,30-,31-,32-,37-,38-,39-/m0/s1. The molecule has 0 saturated heterocycles. The highest BCUT2D eigenvalue weighted by atomic mass is 16.4. The van der Waals surface area contributed by atoms with Crippen molar-refractivity contribution in [3.05, 3.63) is 0 Å². The number of rotatable bonds is 37. The summed E-state index contributed by atoms with van der Waals surface area (Å²) < 4.78 is 0. The van der Waals surface area contributed by atoms with E-state index in [2.05, 4.69) is 47.9 Å². The zero-order valence-corrected chi connectivity index (χ0v) is 45.1. The minimum absolute atomic E-state index is 0.0115. The summed E-state index contributed by atoms with van der Waals surface area (Å²) in [4.78, 5) is 167. The quantitative estimate of drug-likeness (QED) is 0.0292. The van der Waals surface area contributed by atoms with E-state index in [1.165, 1.54) is 0 Å². The van der Waals surface area contributed by atoms with Gasteiger partial charge < -0.3 is 79.7 Å². The summed E-state index contributed by atoms with van der Waals surface area (Å²) in [6, 6.07) is -12.9. The number of primary amides is 1. The average molecular weight is 1090 g/mol. The molecule has 10 amide bonds. The van der Waals surface area contributed by atoms with Crippen LogP contribution in [0, 0.1) is 29.6 Å².